The maximum atomic E-state index is 12.8. The van der Waals surface area contributed by atoms with Crippen LogP contribution in [-0.2, 0) is 31.1 Å². The van der Waals surface area contributed by atoms with Crippen LogP contribution in [0.4, 0.5) is 5.82 Å². The first kappa shape index (κ1) is 25.3. The predicted octanol–water partition coefficient (Wildman–Crippen LogP) is 3.76. The van der Waals surface area contributed by atoms with Crippen LogP contribution < -0.4 is 15.4 Å². The largest absolute Gasteiger partial charge is 0.494 e. The molecule has 9 heteroatoms. The highest BCUT2D eigenvalue weighted by Crippen LogP contribution is 2.21. The number of amides is 1. The molecule has 0 radical (unpaired) electrons. The van der Waals surface area contributed by atoms with E-state index in [1.54, 1.807) is 36.1 Å². The van der Waals surface area contributed by atoms with Crippen molar-refractivity contribution in [2.45, 2.75) is 38.1 Å². The van der Waals surface area contributed by atoms with Crippen LogP contribution in [0.1, 0.15) is 40.0 Å². The summed E-state index contributed by atoms with van der Waals surface area (Å²) in [6, 6.07) is 15.7. The Morgan fingerprint density at radius 2 is 2.00 bits per heavy atom. The Kier molecular flexibility index (Phi) is 7.53. The van der Waals surface area contributed by atoms with Crippen molar-refractivity contribution < 1.29 is 19.4 Å². The van der Waals surface area contributed by atoms with E-state index in [9.17, 15) is 14.7 Å². The standard InChI is InChI=1S/C29H31N5O4/c1-34-26-17-21(8-9-22(26)18-31-34)28(35)33-25(29(36)37)16-19-6-12-24(13-7-19)38-15-3-5-23-11-10-20-4-2-14-30-27(20)32-23/h6-13,17-18,25H,2-5,14-16H2,1H3,(H,30,32)(H,33,35)(H,36,37)/t25-/m0/s1. The molecule has 0 unspecified atom stereocenters. The van der Waals surface area contributed by atoms with Gasteiger partial charge in [0, 0.05) is 36.7 Å². The number of rotatable bonds is 10. The van der Waals surface area contributed by atoms with Crippen LogP contribution in [0.3, 0.4) is 0 Å². The second-order valence-electron chi connectivity index (χ2n) is 9.55. The summed E-state index contributed by atoms with van der Waals surface area (Å²) >= 11 is 0. The number of carbonyl (C=O) groups is 2. The van der Waals surface area contributed by atoms with Gasteiger partial charge in [0.05, 0.1) is 18.3 Å². The van der Waals surface area contributed by atoms with Crippen LogP contribution in [0.2, 0.25) is 0 Å². The van der Waals surface area contributed by atoms with E-state index in [2.05, 4.69) is 27.9 Å². The number of pyridine rings is 1. The molecule has 0 spiro atoms. The first-order valence-electron chi connectivity index (χ1n) is 12.9. The van der Waals surface area contributed by atoms with E-state index < -0.39 is 17.9 Å². The number of carbonyl (C=O) groups excluding carboxylic acids is 1. The summed E-state index contributed by atoms with van der Waals surface area (Å²) in [4.78, 5) is 29.4. The number of aromatic nitrogens is 3. The number of carboxylic acid groups (broad SMARTS) is 1. The molecule has 0 bridgehead atoms. The molecule has 0 aliphatic carbocycles. The lowest BCUT2D eigenvalue weighted by atomic mass is 10.0. The maximum Gasteiger partial charge on any atom is 0.326 e. The van der Waals surface area contributed by atoms with Crippen LogP contribution in [0.5, 0.6) is 5.75 Å². The number of aliphatic carboxylic acids is 1. The lowest BCUT2D eigenvalue weighted by Crippen LogP contribution is -2.42. The minimum Gasteiger partial charge on any atom is -0.494 e. The van der Waals surface area contributed by atoms with Crippen LogP contribution in [-0.4, -0.2) is 50.9 Å². The van der Waals surface area contributed by atoms with Gasteiger partial charge in [0.1, 0.15) is 17.6 Å². The molecule has 1 aliphatic rings. The van der Waals surface area contributed by atoms with Gasteiger partial charge in [0.25, 0.3) is 5.91 Å². The van der Waals surface area contributed by atoms with Crippen molar-refractivity contribution in [2.75, 3.05) is 18.5 Å². The molecule has 1 aliphatic heterocycles. The van der Waals surface area contributed by atoms with Gasteiger partial charge in [-0.2, -0.15) is 5.10 Å². The molecule has 4 aromatic rings. The zero-order chi connectivity index (χ0) is 26.5. The number of fused-ring (bicyclic) bond motifs is 2. The molecular formula is C29H31N5O4. The molecule has 1 amide bonds. The second kappa shape index (κ2) is 11.3. The minimum absolute atomic E-state index is 0.160. The number of nitrogens with one attached hydrogen (secondary N) is 2. The van der Waals surface area contributed by atoms with Gasteiger partial charge in [-0.3, -0.25) is 9.48 Å². The van der Waals surface area contributed by atoms with E-state index in [-0.39, 0.29) is 6.42 Å². The second-order valence-corrected chi connectivity index (χ2v) is 9.55. The Bertz CT molecular complexity index is 1450. The van der Waals surface area contributed by atoms with E-state index in [0.717, 1.165) is 60.2 Å². The van der Waals surface area contributed by atoms with Gasteiger partial charge in [-0.15, -0.1) is 0 Å². The third-order valence-electron chi connectivity index (χ3n) is 6.78. The number of benzene rings is 2. The quantitative estimate of drug-likeness (QED) is 0.276. The van der Waals surface area contributed by atoms with Crippen molar-refractivity contribution in [3.63, 3.8) is 0 Å². The molecule has 0 saturated carbocycles. The highest BCUT2D eigenvalue weighted by atomic mass is 16.5. The van der Waals surface area contributed by atoms with Gasteiger partial charge in [0.2, 0.25) is 0 Å². The van der Waals surface area contributed by atoms with Crippen LogP contribution in [0.25, 0.3) is 10.9 Å². The Hall–Kier alpha value is -4.40. The summed E-state index contributed by atoms with van der Waals surface area (Å²) in [6.45, 7) is 1.53. The number of nitrogens with zero attached hydrogens (tertiary/aromatic N) is 3. The molecule has 3 N–H and O–H groups in total. The Balaban J connectivity index is 1.12. The van der Waals surface area contributed by atoms with Crippen LogP contribution in [0, 0.1) is 0 Å². The lowest BCUT2D eigenvalue weighted by Gasteiger charge is -2.17. The third-order valence-corrected chi connectivity index (χ3v) is 6.78. The van der Waals surface area contributed by atoms with Crippen LogP contribution >= 0.6 is 0 Å². The molecule has 2 aromatic carbocycles. The molecule has 5 rings (SSSR count). The molecule has 196 valence electrons. The molecular weight excluding hydrogens is 482 g/mol. The zero-order valence-electron chi connectivity index (χ0n) is 21.3. The van der Waals surface area contributed by atoms with Gasteiger partial charge in [-0.1, -0.05) is 24.3 Å². The van der Waals surface area contributed by atoms with E-state index >= 15 is 0 Å². The van der Waals surface area contributed by atoms with Gasteiger partial charge in [-0.05, 0) is 67.1 Å². The summed E-state index contributed by atoms with van der Waals surface area (Å²) in [5.41, 5.74) is 4.32. The summed E-state index contributed by atoms with van der Waals surface area (Å²) in [5.74, 6) is 0.195. The molecule has 2 aromatic heterocycles. The van der Waals surface area contributed by atoms with Gasteiger partial charge in [-0.25, -0.2) is 9.78 Å². The fourth-order valence-corrected chi connectivity index (χ4v) is 4.64. The first-order chi connectivity index (χ1) is 18.5. The molecule has 38 heavy (non-hydrogen) atoms. The Morgan fingerprint density at radius 3 is 2.82 bits per heavy atom. The zero-order valence-corrected chi connectivity index (χ0v) is 21.3. The number of ether oxygens (including phenoxy) is 1. The van der Waals surface area contributed by atoms with Crippen molar-refractivity contribution in [3.8, 4) is 5.75 Å². The molecule has 0 saturated heterocycles. The summed E-state index contributed by atoms with van der Waals surface area (Å²) in [7, 11) is 1.79. The highest BCUT2D eigenvalue weighted by molar-refractivity contribution is 5.99. The topological polar surface area (TPSA) is 118 Å². The summed E-state index contributed by atoms with van der Waals surface area (Å²) in [6.07, 6.45) is 5.78. The Labute approximate surface area is 220 Å². The number of hydrogen-bond acceptors (Lipinski definition) is 6. The smallest absolute Gasteiger partial charge is 0.326 e. The predicted molar refractivity (Wildman–Crippen MR) is 145 cm³/mol. The monoisotopic (exact) mass is 513 g/mol. The maximum absolute atomic E-state index is 12.8. The SMILES string of the molecule is Cn1ncc2ccc(C(=O)N[C@@H](Cc3ccc(OCCCc4ccc5c(n4)NCCC5)cc3)C(=O)O)cc21. The fourth-order valence-electron chi connectivity index (χ4n) is 4.64. The fraction of sp³-hybridized carbons (Fsp3) is 0.310. The normalized spacial score (nSPS) is 13.4. The van der Waals surface area contributed by atoms with Crippen molar-refractivity contribution in [1.82, 2.24) is 20.1 Å². The van der Waals surface area contributed by atoms with Gasteiger partial charge in [0.15, 0.2) is 0 Å². The molecule has 9 nitrogen and oxygen atoms in total. The van der Waals surface area contributed by atoms with Crippen LogP contribution in [0.15, 0.2) is 60.8 Å². The Morgan fingerprint density at radius 1 is 1.16 bits per heavy atom. The van der Waals surface area contributed by atoms with E-state index in [0.29, 0.717) is 17.9 Å². The minimum atomic E-state index is -1.09. The van der Waals surface area contributed by atoms with E-state index in [1.807, 2.05) is 24.3 Å². The van der Waals surface area contributed by atoms with Crippen molar-refractivity contribution >= 4 is 28.6 Å². The van der Waals surface area contributed by atoms with E-state index in [1.165, 1.54) is 5.56 Å². The average Bonchev–Trinajstić information content (AvgIpc) is 3.31. The summed E-state index contributed by atoms with van der Waals surface area (Å²) in [5, 5.41) is 20.8. The number of hydrogen-bond donors (Lipinski definition) is 3. The molecule has 0 fully saturated rings. The van der Waals surface area contributed by atoms with Crippen molar-refractivity contribution in [2.24, 2.45) is 7.05 Å². The molecule has 1 atom stereocenters. The van der Waals surface area contributed by atoms with Crippen molar-refractivity contribution in [3.05, 3.63) is 83.2 Å². The average molecular weight is 514 g/mol. The van der Waals surface area contributed by atoms with Gasteiger partial charge < -0.3 is 20.5 Å². The van der Waals surface area contributed by atoms with Gasteiger partial charge >= 0.3 is 5.97 Å². The van der Waals surface area contributed by atoms with Crippen molar-refractivity contribution in [1.29, 1.82) is 0 Å². The number of carboxylic acids is 1. The highest BCUT2D eigenvalue weighted by Gasteiger charge is 2.21. The third kappa shape index (κ3) is 5.94. The number of anilines is 1. The van der Waals surface area contributed by atoms with E-state index in [4.69, 9.17) is 9.72 Å². The first-order valence-corrected chi connectivity index (χ1v) is 12.9. The summed E-state index contributed by atoms with van der Waals surface area (Å²) < 4.78 is 7.55. The molecule has 3 heterocycles. The number of aryl methyl sites for hydroxylation is 3. The lowest BCUT2D eigenvalue weighted by molar-refractivity contribution is -0.139.